The van der Waals surface area contributed by atoms with Crippen molar-refractivity contribution in [3.8, 4) is 17.0 Å². The predicted octanol–water partition coefficient (Wildman–Crippen LogP) is 5.80. The number of anilines is 3. The molecule has 0 spiro atoms. The lowest BCUT2D eigenvalue weighted by molar-refractivity contribution is 0.284. The zero-order valence-corrected chi connectivity index (χ0v) is 15.9. The van der Waals surface area contributed by atoms with Crippen LogP contribution < -0.4 is 15.3 Å². The van der Waals surface area contributed by atoms with E-state index in [1.54, 1.807) is 12.1 Å². The van der Waals surface area contributed by atoms with Crippen LogP contribution in [0.5, 0.6) is 5.75 Å². The van der Waals surface area contributed by atoms with Gasteiger partial charge in [0.05, 0.1) is 18.0 Å². The lowest BCUT2D eigenvalue weighted by Gasteiger charge is -2.24. The normalized spacial score (nSPS) is 10.8. The minimum atomic E-state index is -0.184. The van der Waals surface area contributed by atoms with Gasteiger partial charge in [-0.15, -0.1) is 11.3 Å². The van der Waals surface area contributed by atoms with Crippen molar-refractivity contribution in [1.29, 1.82) is 0 Å². The maximum atomic E-state index is 11.5. The fourth-order valence-corrected chi connectivity index (χ4v) is 3.75. The van der Waals surface area contributed by atoms with E-state index in [0.29, 0.717) is 18.1 Å². The van der Waals surface area contributed by atoms with Crippen LogP contribution in [0.4, 0.5) is 16.5 Å². The number of thiazole rings is 1. The van der Waals surface area contributed by atoms with Gasteiger partial charge in [0.25, 0.3) is 0 Å². The number of rotatable bonds is 6. The smallest absolute Gasteiger partial charge is 0.187 e. The Balaban J connectivity index is 1.63. The van der Waals surface area contributed by atoms with Crippen molar-refractivity contribution in [2.45, 2.75) is 6.92 Å². The van der Waals surface area contributed by atoms with Crippen LogP contribution in [0.1, 0.15) is 6.92 Å². The topological polar surface area (TPSA) is 80.7 Å². The molecule has 2 N–H and O–H groups in total. The number of nitrogens with zero attached hydrogens (tertiary/aromatic N) is 2. The first-order valence-electron chi connectivity index (χ1n) is 8.79. The van der Waals surface area contributed by atoms with E-state index in [-0.39, 0.29) is 10.9 Å². The van der Waals surface area contributed by atoms with E-state index >= 15 is 0 Å². The molecule has 0 fully saturated rings. The minimum Gasteiger partial charge on any atom is -0.733 e. The van der Waals surface area contributed by atoms with Gasteiger partial charge in [0.2, 0.25) is 0 Å². The van der Waals surface area contributed by atoms with Crippen LogP contribution in [-0.4, -0.2) is 16.8 Å². The zero-order chi connectivity index (χ0) is 19.5. The third-order valence-electron chi connectivity index (χ3n) is 4.30. The van der Waals surface area contributed by atoms with E-state index in [2.05, 4.69) is 28.5 Å². The zero-order valence-electron chi connectivity index (χ0n) is 15.1. The van der Waals surface area contributed by atoms with Crippen molar-refractivity contribution in [1.82, 2.24) is 4.98 Å². The van der Waals surface area contributed by atoms with Gasteiger partial charge in [-0.05, 0) is 36.6 Å². The molecule has 0 aliphatic heterocycles. The molecular formula is C21H18N3O3S-. The highest BCUT2D eigenvalue weighted by atomic mass is 32.1. The summed E-state index contributed by atoms with van der Waals surface area (Å²) in [6.45, 7) is 2.21. The molecule has 3 aromatic carbocycles. The van der Waals surface area contributed by atoms with E-state index in [0.717, 1.165) is 27.2 Å². The Morgan fingerprint density at radius 1 is 1.14 bits per heavy atom. The van der Waals surface area contributed by atoms with Gasteiger partial charge in [-0.3, -0.25) is 5.21 Å². The molecule has 1 heterocycles. The number of hydrogen-bond acceptors (Lipinski definition) is 7. The molecule has 0 saturated heterocycles. The molecule has 7 heteroatoms. The third kappa shape index (κ3) is 3.63. The second-order valence-corrected chi connectivity index (χ2v) is 6.94. The Bertz CT molecular complexity index is 1110. The summed E-state index contributed by atoms with van der Waals surface area (Å²) in [5.41, 5.74) is 2.46. The fourth-order valence-electron chi connectivity index (χ4n) is 3.02. The van der Waals surface area contributed by atoms with Gasteiger partial charge in [0, 0.05) is 22.0 Å². The van der Waals surface area contributed by atoms with Crippen molar-refractivity contribution in [2.24, 2.45) is 0 Å². The molecule has 0 radical (unpaired) electrons. The monoisotopic (exact) mass is 392 g/mol. The molecule has 4 rings (SSSR count). The molecule has 0 unspecified atom stereocenters. The van der Waals surface area contributed by atoms with E-state index in [4.69, 9.17) is 4.74 Å². The Morgan fingerprint density at radius 3 is 2.79 bits per heavy atom. The second-order valence-electron chi connectivity index (χ2n) is 6.08. The second kappa shape index (κ2) is 7.85. The van der Waals surface area contributed by atoms with Gasteiger partial charge in [-0.25, -0.2) is 4.98 Å². The average Bonchev–Trinajstić information content (AvgIpc) is 3.17. The molecule has 0 atom stereocenters. The van der Waals surface area contributed by atoms with Crippen LogP contribution in [-0.2, 0) is 0 Å². The van der Waals surface area contributed by atoms with E-state index in [1.807, 2.05) is 42.6 Å². The van der Waals surface area contributed by atoms with Crippen LogP contribution in [0.15, 0.2) is 66.0 Å². The summed E-state index contributed by atoms with van der Waals surface area (Å²) in [5, 5.41) is 28.9. The number of fused-ring (bicyclic) bond motifs is 1. The quantitative estimate of drug-likeness (QED) is 0.404. The van der Waals surface area contributed by atoms with Crippen LogP contribution in [0.25, 0.3) is 22.0 Å². The van der Waals surface area contributed by atoms with Gasteiger partial charge in [-0.2, -0.15) is 0 Å². The molecule has 0 aliphatic rings. The fraction of sp³-hybridized carbons (Fsp3) is 0.0952. The summed E-state index contributed by atoms with van der Waals surface area (Å²) in [7, 11) is 0. The molecule has 28 heavy (non-hydrogen) atoms. The van der Waals surface area contributed by atoms with Gasteiger partial charge < -0.3 is 20.5 Å². The largest absolute Gasteiger partial charge is 0.733 e. The van der Waals surface area contributed by atoms with Crippen LogP contribution >= 0.6 is 11.3 Å². The van der Waals surface area contributed by atoms with Gasteiger partial charge >= 0.3 is 0 Å². The maximum absolute atomic E-state index is 11.5. The van der Waals surface area contributed by atoms with Gasteiger partial charge in [0.1, 0.15) is 5.75 Å². The summed E-state index contributed by atoms with van der Waals surface area (Å²) >= 11 is 1.47. The molecule has 1 aromatic heterocycles. The average molecular weight is 392 g/mol. The Hall–Kier alpha value is -3.13. The molecule has 142 valence electrons. The van der Waals surface area contributed by atoms with E-state index < -0.39 is 0 Å². The molecule has 6 nitrogen and oxygen atoms in total. The summed E-state index contributed by atoms with van der Waals surface area (Å²) < 4.78 is 5.38. The minimum absolute atomic E-state index is 0.0518. The summed E-state index contributed by atoms with van der Waals surface area (Å²) in [6.07, 6.45) is 0. The van der Waals surface area contributed by atoms with Crippen molar-refractivity contribution >= 4 is 38.6 Å². The highest BCUT2D eigenvalue weighted by Gasteiger charge is 2.11. The van der Waals surface area contributed by atoms with Crippen molar-refractivity contribution < 1.29 is 9.94 Å². The van der Waals surface area contributed by atoms with E-state index in [9.17, 15) is 10.4 Å². The third-order valence-corrected chi connectivity index (χ3v) is 5.05. The first kappa shape index (κ1) is 18.2. The SMILES string of the molecule is CCOc1ccc(-c2csc(Nc3cccc4ccccc34)n2)cc1N([O-])O. The molecule has 0 aliphatic carbocycles. The highest BCUT2D eigenvalue weighted by molar-refractivity contribution is 7.14. The Morgan fingerprint density at radius 2 is 1.96 bits per heavy atom. The summed E-state index contributed by atoms with van der Waals surface area (Å²) in [4.78, 5) is 4.62. The highest BCUT2D eigenvalue weighted by Crippen LogP contribution is 2.35. The number of nitrogens with one attached hydrogen (secondary N) is 1. The van der Waals surface area contributed by atoms with Gasteiger partial charge in [-0.1, -0.05) is 36.4 Å². The molecule has 0 bridgehead atoms. The molecule has 0 saturated carbocycles. The molecule has 4 aromatic rings. The number of aromatic nitrogens is 1. The summed E-state index contributed by atoms with van der Waals surface area (Å²) in [5.74, 6) is 0.327. The van der Waals surface area contributed by atoms with Crippen LogP contribution in [0.3, 0.4) is 0 Å². The van der Waals surface area contributed by atoms with Crippen LogP contribution in [0, 0.1) is 5.21 Å². The first-order chi connectivity index (χ1) is 13.7. The van der Waals surface area contributed by atoms with Crippen molar-refractivity contribution in [3.63, 3.8) is 0 Å². The Labute approximate surface area is 166 Å². The lowest BCUT2D eigenvalue weighted by Crippen LogP contribution is -2.09. The molecular weight excluding hydrogens is 374 g/mol. The van der Waals surface area contributed by atoms with Crippen LogP contribution in [0.2, 0.25) is 0 Å². The maximum Gasteiger partial charge on any atom is 0.187 e. The summed E-state index contributed by atoms with van der Waals surface area (Å²) in [6, 6.07) is 19.3. The number of hydrogen-bond donors (Lipinski definition) is 2. The predicted molar refractivity (Wildman–Crippen MR) is 114 cm³/mol. The van der Waals surface area contributed by atoms with Gasteiger partial charge in [0.15, 0.2) is 5.13 Å². The van der Waals surface area contributed by atoms with E-state index in [1.165, 1.54) is 11.3 Å². The number of ether oxygens (including phenoxy) is 1. The molecule has 0 amide bonds. The first-order valence-corrected chi connectivity index (χ1v) is 9.67. The Kier molecular flexibility index (Phi) is 5.12. The van der Waals surface area contributed by atoms with Crippen molar-refractivity contribution in [2.75, 3.05) is 17.2 Å². The standard InChI is InChI=1S/C21H18N3O3S/c1-2-27-20-11-10-15(12-19(20)24(25)26)18-13-28-21(23-18)22-17-9-5-7-14-6-3-4-8-16(14)17/h3-13,25H,2H2,1H3,(H,22,23)/q-1. The van der Waals surface area contributed by atoms with Crippen molar-refractivity contribution in [3.05, 3.63) is 71.3 Å². The number of benzene rings is 3. The lowest BCUT2D eigenvalue weighted by atomic mass is 10.1.